The number of aliphatic hydroxyl groups excluding tert-OH is 6. The second-order valence-electron chi connectivity index (χ2n) is 19.8. The number of carbonyl (C=O) groups excluding carboxylic acids is 2. The van der Waals surface area contributed by atoms with E-state index in [1.54, 1.807) is 13.0 Å². The molecule has 2 saturated heterocycles. The lowest BCUT2D eigenvalue weighted by Gasteiger charge is -2.42. The maximum atomic E-state index is 14.2. The molecule has 4 aliphatic heterocycles. The number of cyclic esters (lactones) is 1. The average molecular weight is 1170 g/mol. The summed E-state index contributed by atoms with van der Waals surface area (Å²) in [5, 5.41) is 88.7. The Morgan fingerprint density at radius 3 is 2.28 bits per heavy atom. The van der Waals surface area contributed by atoms with Crippen molar-refractivity contribution in [1.82, 2.24) is 14.5 Å². The SMILES string of the molecule is CC[C@@]1(O)C(=O)OCc2c1cc1n(c2=O)Cc2c-1nc1cc(OS(=O)(=O)Oc3cc(C(=O)N(C)CCOCCOCCOCCN=[N+]=[N-])ccc3O[C@@H]3O[C@H](COC4O[C@H](C(=O)O)[C@@H](O)[C@H](O)[C@H]4O)[C@@H](O)[C@H](O)[C@H]3O)cc3c1c2CCC3. The van der Waals surface area contributed by atoms with Crippen molar-refractivity contribution in [3.63, 3.8) is 0 Å². The predicted molar refractivity (Wildman–Crippen MR) is 274 cm³/mol. The molecule has 6 heterocycles. The molecule has 82 heavy (non-hydrogen) atoms. The molecule has 1 aliphatic carbocycles. The summed E-state index contributed by atoms with van der Waals surface area (Å²) >= 11 is 0. The molecule has 1 unspecified atom stereocenters. The second kappa shape index (κ2) is 25.1. The first-order valence-corrected chi connectivity index (χ1v) is 27.3. The van der Waals surface area contributed by atoms with Crippen LogP contribution in [-0.4, -0.2) is 209 Å². The molecule has 11 atom stereocenters. The third-order valence-corrected chi connectivity index (χ3v) is 15.4. The van der Waals surface area contributed by atoms with Gasteiger partial charge in [0.25, 0.3) is 11.5 Å². The van der Waals surface area contributed by atoms with E-state index in [0.29, 0.717) is 41.6 Å². The predicted octanol–water partition coefficient (Wildman–Crippen LogP) is -1.20. The topological polar surface area (TPSA) is 426 Å². The van der Waals surface area contributed by atoms with Gasteiger partial charge in [0, 0.05) is 53.2 Å². The summed E-state index contributed by atoms with van der Waals surface area (Å²) in [4.78, 5) is 61.1. The zero-order valence-corrected chi connectivity index (χ0v) is 44.9. The van der Waals surface area contributed by atoms with Gasteiger partial charge in [-0.2, -0.15) is 0 Å². The highest BCUT2D eigenvalue weighted by atomic mass is 32.3. The number of likely N-dealkylation sites (N-methyl/N-ethyl adjacent to an activating group) is 1. The van der Waals surface area contributed by atoms with Gasteiger partial charge in [0.05, 0.1) is 75.3 Å². The summed E-state index contributed by atoms with van der Waals surface area (Å²) in [6, 6.07) is 7.68. The van der Waals surface area contributed by atoms with Crippen LogP contribution in [0.5, 0.6) is 17.2 Å². The summed E-state index contributed by atoms with van der Waals surface area (Å²) in [5.41, 5.74) is 9.13. The Labute approximate surface area is 465 Å². The monoisotopic (exact) mass is 1170 g/mol. The number of hydrogen-bond acceptors (Lipinski definition) is 25. The van der Waals surface area contributed by atoms with Gasteiger partial charge in [0.2, 0.25) is 6.29 Å². The minimum absolute atomic E-state index is 0.0335. The van der Waals surface area contributed by atoms with Crippen LogP contribution < -0.4 is 18.7 Å². The maximum Gasteiger partial charge on any atom is 0.501 e. The highest BCUT2D eigenvalue weighted by Gasteiger charge is 2.50. The van der Waals surface area contributed by atoms with Gasteiger partial charge < -0.3 is 96.6 Å². The number of aromatic nitrogens is 2. The van der Waals surface area contributed by atoms with E-state index >= 15 is 0 Å². The number of nitrogens with zero attached hydrogens (tertiary/aromatic N) is 6. The number of aliphatic hydroxyl groups is 7. The highest BCUT2D eigenvalue weighted by Crippen LogP contribution is 2.44. The number of fused-ring (bicyclic) bond motifs is 5. The molecule has 4 aromatic rings. The molecule has 1 amide bonds. The number of hydrogen-bond donors (Lipinski definition) is 8. The average Bonchev–Trinajstić information content (AvgIpc) is 4.00. The second-order valence-corrected chi connectivity index (χ2v) is 21.0. The number of carboxylic acids is 1. The summed E-state index contributed by atoms with van der Waals surface area (Å²) in [7, 11) is -3.82. The molecule has 0 bridgehead atoms. The quantitative estimate of drug-likeness (QED) is 0.0118. The lowest BCUT2D eigenvalue weighted by Crippen LogP contribution is -2.62. The summed E-state index contributed by atoms with van der Waals surface area (Å²) in [6.45, 7) is 1.94. The van der Waals surface area contributed by atoms with Crippen molar-refractivity contribution < 1.29 is 110 Å². The van der Waals surface area contributed by atoms with Crippen LogP contribution in [0.15, 0.2) is 46.3 Å². The third kappa shape index (κ3) is 12.2. The number of benzene rings is 2. The van der Waals surface area contributed by atoms with E-state index < -0.39 is 119 Å². The lowest BCUT2D eigenvalue weighted by atomic mass is 9.85. The van der Waals surface area contributed by atoms with Crippen LogP contribution in [-0.2, 0) is 84.7 Å². The fourth-order valence-electron chi connectivity index (χ4n) is 10.3. The fourth-order valence-corrected chi connectivity index (χ4v) is 11.0. The molecule has 2 aromatic heterocycles. The van der Waals surface area contributed by atoms with Gasteiger partial charge in [-0.3, -0.25) is 9.59 Å². The van der Waals surface area contributed by atoms with Crippen LogP contribution in [0.2, 0.25) is 0 Å². The van der Waals surface area contributed by atoms with Crippen molar-refractivity contribution in [3.8, 4) is 28.6 Å². The van der Waals surface area contributed by atoms with Crippen molar-refractivity contribution in [2.45, 2.75) is 113 Å². The summed E-state index contributed by atoms with van der Waals surface area (Å²) < 4.78 is 84.7. The van der Waals surface area contributed by atoms with Crippen molar-refractivity contribution >= 4 is 39.1 Å². The number of pyridine rings is 2. The Kier molecular flexibility index (Phi) is 18.3. The van der Waals surface area contributed by atoms with Crippen LogP contribution in [0.4, 0.5) is 0 Å². The number of ether oxygens (including phenoxy) is 8. The maximum absolute atomic E-state index is 14.2. The van der Waals surface area contributed by atoms with Crippen LogP contribution in [0, 0.1) is 0 Å². The number of carbonyl (C=O) groups is 3. The number of esters is 1. The van der Waals surface area contributed by atoms with Crippen molar-refractivity contribution in [2.75, 3.05) is 66.4 Å². The molecule has 2 fully saturated rings. The van der Waals surface area contributed by atoms with Gasteiger partial charge in [0.15, 0.2) is 29.5 Å². The molecule has 0 spiro atoms. The van der Waals surface area contributed by atoms with E-state index in [1.807, 2.05) is 0 Å². The van der Waals surface area contributed by atoms with Crippen LogP contribution in [0.25, 0.3) is 32.7 Å². The van der Waals surface area contributed by atoms with Crippen LogP contribution in [0.1, 0.15) is 57.9 Å². The first-order valence-electron chi connectivity index (χ1n) is 26.0. The number of amides is 1. The van der Waals surface area contributed by atoms with Crippen molar-refractivity contribution in [2.24, 2.45) is 5.11 Å². The van der Waals surface area contributed by atoms with Gasteiger partial charge in [-0.25, -0.2) is 14.6 Å². The Morgan fingerprint density at radius 2 is 1.56 bits per heavy atom. The molecule has 0 saturated carbocycles. The first-order chi connectivity index (χ1) is 39.2. The number of rotatable bonds is 24. The van der Waals surface area contributed by atoms with Crippen LogP contribution >= 0.6 is 0 Å². The highest BCUT2D eigenvalue weighted by molar-refractivity contribution is 7.82. The molecular formula is C51H60N6O24S. The third-order valence-electron chi connectivity index (χ3n) is 14.6. The molecule has 444 valence electrons. The number of aryl methyl sites for hydroxylation is 2. The zero-order chi connectivity index (χ0) is 58.8. The molecule has 0 radical (unpaired) electrons. The van der Waals surface area contributed by atoms with E-state index in [-0.39, 0.29) is 100 Å². The Hall–Kier alpha value is -6.65. The van der Waals surface area contributed by atoms with Gasteiger partial charge in [-0.15, -0.1) is 8.42 Å². The number of aliphatic carboxylic acids is 1. The molecule has 5 aliphatic rings. The molecular weight excluding hydrogens is 1110 g/mol. The van der Waals surface area contributed by atoms with E-state index in [4.69, 9.17) is 56.8 Å². The van der Waals surface area contributed by atoms with E-state index in [2.05, 4.69) is 10.0 Å². The van der Waals surface area contributed by atoms with Gasteiger partial charge >= 0.3 is 22.3 Å². The molecule has 31 heteroatoms. The lowest BCUT2D eigenvalue weighted by molar-refractivity contribution is -0.318. The van der Waals surface area contributed by atoms with E-state index in [0.717, 1.165) is 23.3 Å². The largest absolute Gasteiger partial charge is 0.501 e. The van der Waals surface area contributed by atoms with E-state index in [1.165, 1.54) is 34.7 Å². The number of azide groups is 1. The van der Waals surface area contributed by atoms with Gasteiger partial charge in [-0.1, -0.05) is 12.0 Å². The Morgan fingerprint density at radius 1 is 0.854 bits per heavy atom. The minimum Gasteiger partial charge on any atom is -0.479 e. The Bertz CT molecular complexity index is 3310. The Balaban J connectivity index is 0.960. The van der Waals surface area contributed by atoms with Crippen molar-refractivity contribution in [3.05, 3.63) is 90.6 Å². The minimum atomic E-state index is -5.26. The van der Waals surface area contributed by atoms with Gasteiger partial charge in [-0.05, 0) is 72.7 Å². The first kappa shape index (κ1) is 60.0. The molecule has 30 nitrogen and oxygen atoms in total. The summed E-state index contributed by atoms with van der Waals surface area (Å²) in [5.74, 6) is -4.79. The van der Waals surface area contributed by atoms with Crippen LogP contribution in [0.3, 0.4) is 0 Å². The fraction of sp³-hybridized carbons (Fsp3) is 0.549. The smallest absolute Gasteiger partial charge is 0.479 e. The normalized spacial score (nSPS) is 26.4. The number of carboxylic acid groups (broad SMARTS) is 1. The molecule has 8 N–H and O–H groups in total. The zero-order valence-electron chi connectivity index (χ0n) is 44.0. The van der Waals surface area contributed by atoms with E-state index in [9.17, 15) is 68.4 Å². The molecule has 9 rings (SSSR count). The summed E-state index contributed by atoms with van der Waals surface area (Å²) in [6.07, 6.45) is -18.3. The van der Waals surface area contributed by atoms with Crippen molar-refractivity contribution in [1.29, 1.82) is 0 Å². The van der Waals surface area contributed by atoms with Gasteiger partial charge in [0.1, 0.15) is 55.1 Å². The molecule has 2 aromatic carbocycles. The standard InChI is InChI=1S/C51H60N6O24S/c1-3-51(69)30-20-32-37-28(21-57(32)46(65)29(30)22-76-50(51)68)27-6-4-5-24-17-26(19-31(54-37)36(24)27)80-82(70,71)81-34-18-25(45(64)56(2)10-12-73-14-16-74-15-13-72-11-9-53-55-52)7-8-33(34)77-49-43(63)39(59)38(58)35(78-49)23-75-48-42(62)40(60)41(61)44(79-48)47(66)67/h7-8,17-20,35,38-44,48-49,58-63,69H,3-6,9-16,21-23H2,1-2H3,(H,66,67)/t35-,38-,39+,40+,41+,42-,43-,44+,48?,49-,51+/m1/s1.